The fraction of sp³-hybridized carbons (Fsp3) is 0. The Bertz CT molecular complexity index is 518. The Kier molecular flexibility index (Phi) is 2.69. The molecule has 6 nitrogen and oxygen atoms in total. The molecule has 82 valence electrons. The first-order chi connectivity index (χ1) is 7.66. The number of hydrogen-bond donors (Lipinski definition) is 3. The number of aromatic carboxylic acids is 1. The Labute approximate surface area is 94.0 Å². The molecule has 0 aromatic carbocycles. The highest BCUT2D eigenvalue weighted by molar-refractivity contribution is 7.15. The summed E-state index contributed by atoms with van der Waals surface area (Å²) in [6, 6.07) is 2.86. The van der Waals surface area contributed by atoms with Gasteiger partial charge in [-0.05, 0) is 12.1 Å². The van der Waals surface area contributed by atoms with E-state index >= 15 is 0 Å². The van der Waals surface area contributed by atoms with Gasteiger partial charge in [0.2, 0.25) is 5.95 Å². The minimum absolute atomic E-state index is 0.129. The summed E-state index contributed by atoms with van der Waals surface area (Å²) in [5, 5.41) is 11.2. The number of amides is 1. The van der Waals surface area contributed by atoms with E-state index in [9.17, 15) is 9.59 Å². The number of nitrogens with zero attached hydrogens (tertiary/aromatic N) is 1. The number of rotatable bonds is 3. The van der Waals surface area contributed by atoms with Crippen molar-refractivity contribution in [3.63, 3.8) is 0 Å². The van der Waals surface area contributed by atoms with Crippen molar-refractivity contribution in [2.75, 3.05) is 5.32 Å². The molecule has 2 aromatic rings. The standard InChI is InChI=1S/C9H7N3O3S/c13-7(12-9-10-3-4-11-9)5-1-2-6(16-5)8(14)15/h1-4H,(H,14,15)(H2,10,11,12,13). The number of nitrogens with one attached hydrogen (secondary N) is 2. The molecule has 0 spiro atoms. The van der Waals surface area contributed by atoms with E-state index in [-0.39, 0.29) is 10.8 Å². The molecule has 0 fully saturated rings. The van der Waals surface area contributed by atoms with Gasteiger partial charge in [-0.2, -0.15) is 0 Å². The van der Waals surface area contributed by atoms with Gasteiger partial charge < -0.3 is 10.1 Å². The lowest BCUT2D eigenvalue weighted by Gasteiger charge is -1.97. The fourth-order valence-electron chi connectivity index (χ4n) is 1.08. The second-order valence-electron chi connectivity index (χ2n) is 2.86. The first kappa shape index (κ1) is 10.4. The molecule has 0 atom stereocenters. The molecule has 2 rings (SSSR count). The van der Waals surface area contributed by atoms with Crippen molar-refractivity contribution in [2.24, 2.45) is 0 Å². The highest BCUT2D eigenvalue weighted by Crippen LogP contribution is 2.17. The number of imidazole rings is 1. The van der Waals surface area contributed by atoms with E-state index < -0.39 is 5.97 Å². The van der Waals surface area contributed by atoms with Gasteiger partial charge >= 0.3 is 5.97 Å². The summed E-state index contributed by atoms with van der Waals surface area (Å²) < 4.78 is 0. The summed E-state index contributed by atoms with van der Waals surface area (Å²) in [4.78, 5) is 29.2. The van der Waals surface area contributed by atoms with Crippen LogP contribution < -0.4 is 5.32 Å². The highest BCUT2D eigenvalue weighted by Gasteiger charge is 2.13. The molecular weight excluding hydrogens is 230 g/mol. The van der Waals surface area contributed by atoms with Crippen LogP contribution in [0.4, 0.5) is 5.95 Å². The average Bonchev–Trinajstić information content (AvgIpc) is 2.86. The van der Waals surface area contributed by atoms with Gasteiger partial charge in [0.15, 0.2) is 0 Å². The Morgan fingerprint density at radius 3 is 2.69 bits per heavy atom. The van der Waals surface area contributed by atoms with Gasteiger partial charge in [-0.3, -0.25) is 10.1 Å². The smallest absolute Gasteiger partial charge is 0.345 e. The first-order valence-electron chi connectivity index (χ1n) is 4.30. The largest absolute Gasteiger partial charge is 0.477 e. The zero-order valence-electron chi connectivity index (χ0n) is 7.93. The van der Waals surface area contributed by atoms with Crippen molar-refractivity contribution < 1.29 is 14.7 Å². The monoisotopic (exact) mass is 237 g/mol. The highest BCUT2D eigenvalue weighted by atomic mass is 32.1. The third kappa shape index (κ3) is 2.09. The molecule has 0 aliphatic carbocycles. The van der Waals surface area contributed by atoms with Crippen LogP contribution >= 0.6 is 11.3 Å². The van der Waals surface area contributed by atoms with Gasteiger partial charge in [0.1, 0.15) is 4.88 Å². The van der Waals surface area contributed by atoms with Gasteiger partial charge in [-0.25, -0.2) is 9.78 Å². The molecule has 2 heterocycles. The van der Waals surface area contributed by atoms with E-state index in [4.69, 9.17) is 5.11 Å². The number of thiophene rings is 1. The molecule has 16 heavy (non-hydrogen) atoms. The summed E-state index contributed by atoms with van der Waals surface area (Å²) >= 11 is 0.918. The van der Waals surface area contributed by atoms with Crippen molar-refractivity contribution in [3.05, 3.63) is 34.3 Å². The maximum absolute atomic E-state index is 11.6. The summed E-state index contributed by atoms with van der Waals surface area (Å²) in [6.45, 7) is 0. The van der Waals surface area contributed by atoms with Crippen LogP contribution in [0, 0.1) is 0 Å². The molecule has 1 amide bonds. The summed E-state index contributed by atoms with van der Waals surface area (Å²) in [5.41, 5.74) is 0. The average molecular weight is 237 g/mol. The normalized spacial score (nSPS) is 10.0. The van der Waals surface area contributed by atoms with Crippen LogP contribution in [0.15, 0.2) is 24.5 Å². The van der Waals surface area contributed by atoms with Crippen molar-refractivity contribution in [2.45, 2.75) is 0 Å². The van der Waals surface area contributed by atoms with Crippen molar-refractivity contribution >= 4 is 29.2 Å². The molecule has 0 aliphatic heterocycles. The topological polar surface area (TPSA) is 95.1 Å². The second-order valence-corrected chi connectivity index (χ2v) is 3.94. The molecule has 0 radical (unpaired) electrons. The minimum Gasteiger partial charge on any atom is -0.477 e. The Morgan fingerprint density at radius 1 is 1.38 bits per heavy atom. The number of anilines is 1. The van der Waals surface area contributed by atoms with E-state index in [2.05, 4.69) is 15.3 Å². The SMILES string of the molecule is O=C(O)c1ccc(C(=O)Nc2ncc[nH]2)s1. The van der Waals surface area contributed by atoms with Crippen LogP contribution in [-0.2, 0) is 0 Å². The number of aromatic amines is 1. The number of hydrogen-bond acceptors (Lipinski definition) is 4. The molecule has 0 saturated carbocycles. The molecule has 2 aromatic heterocycles. The van der Waals surface area contributed by atoms with Crippen LogP contribution in [0.2, 0.25) is 0 Å². The minimum atomic E-state index is -1.04. The van der Waals surface area contributed by atoms with Crippen LogP contribution in [0.3, 0.4) is 0 Å². The first-order valence-corrected chi connectivity index (χ1v) is 5.12. The second kappa shape index (κ2) is 4.15. The van der Waals surface area contributed by atoms with Gasteiger partial charge in [-0.15, -0.1) is 11.3 Å². The molecular formula is C9H7N3O3S. The quantitative estimate of drug-likeness (QED) is 0.752. The predicted octanol–water partition coefficient (Wildman–Crippen LogP) is 1.42. The van der Waals surface area contributed by atoms with Crippen molar-refractivity contribution in [1.82, 2.24) is 9.97 Å². The van der Waals surface area contributed by atoms with E-state index in [1.54, 1.807) is 6.20 Å². The van der Waals surface area contributed by atoms with Crippen molar-refractivity contribution in [1.29, 1.82) is 0 Å². The van der Waals surface area contributed by atoms with E-state index in [0.717, 1.165) is 11.3 Å². The van der Waals surface area contributed by atoms with Crippen LogP contribution in [0.1, 0.15) is 19.3 Å². The number of aromatic nitrogens is 2. The molecule has 0 bridgehead atoms. The van der Waals surface area contributed by atoms with Crippen molar-refractivity contribution in [3.8, 4) is 0 Å². The summed E-state index contributed by atoms with van der Waals surface area (Å²) in [7, 11) is 0. The predicted molar refractivity (Wildman–Crippen MR) is 57.8 cm³/mol. The van der Waals surface area contributed by atoms with Gasteiger partial charge in [0.05, 0.1) is 4.88 Å². The molecule has 7 heteroatoms. The van der Waals surface area contributed by atoms with Gasteiger partial charge in [0, 0.05) is 12.4 Å². The van der Waals surface area contributed by atoms with Gasteiger partial charge in [-0.1, -0.05) is 0 Å². The zero-order valence-corrected chi connectivity index (χ0v) is 8.75. The lowest BCUT2D eigenvalue weighted by atomic mass is 10.4. The number of carboxylic acids is 1. The van der Waals surface area contributed by atoms with Crippen LogP contribution in [0.5, 0.6) is 0 Å². The Hall–Kier alpha value is -2.15. The van der Waals surface area contributed by atoms with Crippen LogP contribution in [0.25, 0.3) is 0 Å². The van der Waals surface area contributed by atoms with E-state index in [1.807, 2.05) is 0 Å². The van der Waals surface area contributed by atoms with Gasteiger partial charge in [0.25, 0.3) is 5.91 Å². The molecule has 0 unspecified atom stereocenters. The fourth-order valence-corrected chi connectivity index (χ4v) is 1.82. The molecule has 0 aliphatic rings. The Morgan fingerprint density at radius 2 is 2.12 bits per heavy atom. The maximum atomic E-state index is 11.6. The number of carbonyl (C=O) groups excluding carboxylic acids is 1. The Balaban J connectivity index is 2.12. The summed E-state index contributed by atoms with van der Waals surface area (Å²) in [5.74, 6) is -1.09. The lowest BCUT2D eigenvalue weighted by molar-refractivity contribution is 0.0702. The number of carboxylic acid groups (broad SMARTS) is 1. The zero-order chi connectivity index (χ0) is 11.5. The van der Waals surface area contributed by atoms with Crippen LogP contribution in [-0.4, -0.2) is 27.0 Å². The van der Waals surface area contributed by atoms with E-state index in [1.165, 1.54) is 18.3 Å². The molecule has 0 saturated heterocycles. The molecule has 3 N–H and O–H groups in total. The van der Waals surface area contributed by atoms with E-state index in [0.29, 0.717) is 10.8 Å². The maximum Gasteiger partial charge on any atom is 0.345 e. The number of H-pyrrole nitrogens is 1. The summed E-state index contributed by atoms with van der Waals surface area (Å²) in [6.07, 6.45) is 3.08. The number of carbonyl (C=O) groups is 2. The third-order valence-electron chi connectivity index (χ3n) is 1.77. The lowest BCUT2D eigenvalue weighted by Crippen LogP contribution is -2.11. The third-order valence-corrected chi connectivity index (χ3v) is 2.84.